The SMILES string of the molecule is CCCCCCP(CCCCCC)c1csc(C)c1P(CCCCCC)CCCCCC. The number of hydrogen-bond acceptors (Lipinski definition) is 1. The first kappa shape index (κ1) is 30.6. The van der Waals surface area contributed by atoms with Crippen LogP contribution in [0.3, 0.4) is 0 Å². The molecule has 0 N–H and O–H groups in total. The molecular formula is C29H56P2S. The Kier molecular flexibility index (Phi) is 20.0. The standard InChI is InChI=1S/C29H56P2S/c1-6-10-14-18-22-30(23-19-15-11-7-2)28-26-32-27(5)29(28)31(24-20-16-12-8-3)25-21-17-13-9-4/h26H,6-25H2,1-5H3. The Hall–Kier alpha value is 0.560. The van der Waals surface area contributed by atoms with Crippen LogP contribution < -0.4 is 10.6 Å². The van der Waals surface area contributed by atoms with E-state index in [1.165, 1.54) is 127 Å². The van der Waals surface area contributed by atoms with Crippen molar-refractivity contribution in [2.75, 3.05) is 24.6 Å². The van der Waals surface area contributed by atoms with E-state index in [-0.39, 0.29) is 15.8 Å². The molecule has 188 valence electrons. The maximum atomic E-state index is 2.64. The molecule has 0 bridgehead atoms. The largest absolute Gasteiger partial charge is 0.148 e. The molecule has 0 spiro atoms. The van der Waals surface area contributed by atoms with E-state index in [2.05, 4.69) is 51.3 Å². The van der Waals surface area contributed by atoms with E-state index in [1.807, 2.05) is 10.6 Å². The molecule has 32 heavy (non-hydrogen) atoms. The van der Waals surface area contributed by atoms with Crippen LogP contribution in [0.15, 0.2) is 5.38 Å². The second-order valence-corrected chi connectivity index (χ2v) is 15.7. The van der Waals surface area contributed by atoms with Gasteiger partial charge >= 0.3 is 0 Å². The highest BCUT2D eigenvalue weighted by atomic mass is 32.1. The van der Waals surface area contributed by atoms with E-state index >= 15 is 0 Å². The topological polar surface area (TPSA) is 0 Å². The summed E-state index contributed by atoms with van der Waals surface area (Å²) in [4.78, 5) is 1.69. The van der Waals surface area contributed by atoms with E-state index in [9.17, 15) is 0 Å². The van der Waals surface area contributed by atoms with Crippen LogP contribution in [0.1, 0.15) is 135 Å². The van der Waals surface area contributed by atoms with Crippen molar-refractivity contribution in [3.8, 4) is 0 Å². The Balaban J connectivity index is 2.96. The molecule has 1 rings (SSSR count). The average Bonchev–Trinajstić information content (AvgIpc) is 3.18. The predicted molar refractivity (Wildman–Crippen MR) is 158 cm³/mol. The number of unbranched alkanes of at least 4 members (excludes halogenated alkanes) is 12. The molecule has 1 aromatic heterocycles. The Morgan fingerprint density at radius 2 is 0.906 bits per heavy atom. The van der Waals surface area contributed by atoms with Crippen LogP contribution in [0.5, 0.6) is 0 Å². The molecule has 0 radical (unpaired) electrons. The van der Waals surface area contributed by atoms with Gasteiger partial charge in [-0.1, -0.05) is 121 Å². The lowest BCUT2D eigenvalue weighted by atomic mass is 10.2. The molecule has 3 heteroatoms. The first-order valence-corrected chi connectivity index (χ1v) is 18.6. The minimum absolute atomic E-state index is 0.0572. The van der Waals surface area contributed by atoms with E-state index in [4.69, 9.17) is 0 Å². The molecule has 0 aliphatic rings. The quantitative estimate of drug-likeness (QED) is 0.110. The Morgan fingerprint density at radius 1 is 0.531 bits per heavy atom. The summed E-state index contributed by atoms with van der Waals surface area (Å²) in [6, 6.07) is 0. The minimum atomic E-state index is 0.0572. The summed E-state index contributed by atoms with van der Waals surface area (Å²) in [6.07, 6.45) is 28.8. The van der Waals surface area contributed by atoms with Crippen LogP contribution in [-0.2, 0) is 0 Å². The monoisotopic (exact) mass is 498 g/mol. The second kappa shape index (κ2) is 20.9. The van der Waals surface area contributed by atoms with Gasteiger partial charge in [0.25, 0.3) is 0 Å². The maximum Gasteiger partial charge on any atom is 0.00976 e. The molecule has 0 aromatic carbocycles. The van der Waals surface area contributed by atoms with Crippen molar-refractivity contribution in [3.05, 3.63) is 10.3 Å². The Labute approximate surface area is 209 Å². The second-order valence-electron chi connectivity index (χ2n) is 9.74. The van der Waals surface area contributed by atoms with E-state index < -0.39 is 0 Å². The smallest absolute Gasteiger partial charge is 0.00976 e. The van der Waals surface area contributed by atoms with Gasteiger partial charge in [-0.3, -0.25) is 0 Å². The van der Waals surface area contributed by atoms with Crippen LogP contribution in [0.25, 0.3) is 0 Å². The van der Waals surface area contributed by atoms with Crippen molar-refractivity contribution in [1.82, 2.24) is 0 Å². The van der Waals surface area contributed by atoms with Crippen molar-refractivity contribution >= 4 is 37.8 Å². The Bertz CT molecular complexity index is 515. The molecule has 0 saturated heterocycles. The van der Waals surface area contributed by atoms with Crippen molar-refractivity contribution in [2.24, 2.45) is 0 Å². The van der Waals surface area contributed by atoms with E-state index in [0.717, 1.165) is 0 Å². The molecule has 0 aliphatic heterocycles. The highest BCUT2D eigenvalue weighted by Crippen LogP contribution is 2.45. The fourth-order valence-corrected chi connectivity index (χ4v) is 12.7. The predicted octanol–water partition coefficient (Wildman–Crippen LogP) is 10.6. The fourth-order valence-electron chi connectivity index (χ4n) is 4.65. The summed E-state index contributed by atoms with van der Waals surface area (Å²) in [5.74, 6) is 0. The summed E-state index contributed by atoms with van der Waals surface area (Å²) in [6.45, 7) is 11.8. The summed E-state index contributed by atoms with van der Waals surface area (Å²) in [5, 5.41) is 6.44. The first-order chi connectivity index (χ1) is 15.7. The van der Waals surface area contributed by atoms with Gasteiger partial charge in [0, 0.05) is 4.88 Å². The zero-order valence-electron chi connectivity index (χ0n) is 22.5. The first-order valence-electron chi connectivity index (χ1n) is 14.3. The van der Waals surface area contributed by atoms with Gasteiger partial charge in [0.15, 0.2) is 0 Å². The molecule has 1 heterocycles. The molecule has 0 fully saturated rings. The van der Waals surface area contributed by atoms with Crippen LogP contribution in [0.2, 0.25) is 0 Å². The summed E-state index contributed by atoms with van der Waals surface area (Å²) >= 11 is 2.09. The number of hydrogen-bond donors (Lipinski definition) is 0. The fraction of sp³-hybridized carbons (Fsp3) is 0.862. The van der Waals surface area contributed by atoms with Gasteiger partial charge in [0.1, 0.15) is 0 Å². The van der Waals surface area contributed by atoms with E-state index in [1.54, 1.807) is 4.88 Å². The number of thiophene rings is 1. The van der Waals surface area contributed by atoms with Gasteiger partial charge < -0.3 is 0 Å². The lowest BCUT2D eigenvalue weighted by Gasteiger charge is -2.25. The van der Waals surface area contributed by atoms with Gasteiger partial charge in [0.05, 0.1) is 0 Å². The number of rotatable bonds is 22. The molecular weight excluding hydrogens is 442 g/mol. The third-order valence-corrected chi connectivity index (χ3v) is 13.8. The van der Waals surface area contributed by atoms with Gasteiger partial charge in [-0.15, -0.1) is 11.3 Å². The van der Waals surface area contributed by atoms with Crippen molar-refractivity contribution in [1.29, 1.82) is 0 Å². The van der Waals surface area contributed by atoms with Crippen LogP contribution >= 0.6 is 27.2 Å². The lowest BCUT2D eigenvalue weighted by molar-refractivity contribution is 0.696. The number of aryl methyl sites for hydroxylation is 1. The van der Waals surface area contributed by atoms with Crippen molar-refractivity contribution < 1.29 is 0 Å². The van der Waals surface area contributed by atoms with Crippen molar-refractivity contribution in [2.45, 2.75) is 137 Å². The van der Waals surface area contributed by atoms with Gasteiger partial charge in [-0.05, 0) is 73.2 Å². The average molecular weight is 499 g/mol. The molecule has 1 aromatic rings. The summed E-state index contributed by atoms with van der Waals surface area (Å²) < 4.78 is 0. The molecule has 0 amide bonds. The van der Waals surface area contributed by atoms with Crippen LogP contribution in [0, 0.1) is 6.92 Å². The summed E-state index contributed by atoms with van der Waals surface area (Å²) in [5.41, 5.74) is 0. The third-order valence-electron chi connectivity index (χ3n) is 6.71. The lowest BCUT2D eigenvalue weighted by Crippen LogP contribution is -2.24. The van der Waals surface area contributed by atoms with Crippen LogP contribution in [-0.4, -0.2) is 24.6 Å². The third kappa shape index (κ3) is 12.9. The van der Waals surface area contributed by atoms with Gasteiger partial charge in [0.2, 0.25) is 0 Å². The highest BCUT2D eigenvalue weighted by Gasteiger charge is 2.23. The van der Waals surface area contributed by atoms with Crippen molar-refractivity contribution in [3.63, 3.8) is 0 Å². The zero-order valence-corrected chi connectivity index (χ0v) is 25.1. The zero-order chi connectivity index (χ0) is 23.4. The molecule has 0 saturated carbocycles. The van der Waals surface area contributed by atoms with Crippen LogP contribution in [0.4, 0.5) is 0 Å². The van der Waals surface area contributed by atoms with Gasteiger partial charge in [-0.25, -0.2) is 0 Å². The minimum Gasteiger partial charge on any atom is -0.148 e. The Morgan fingerprint density at radius 3 is 1.28 bits per heavy atom. The molecule has 0 aliphatic carbocycles. The molecule has 0 unspecified atom stereocenters. The molecule has 0 nitrogen and oxygen atoms in total. The van der Waals surface area contributed by atoms with E-state index in [0.29, 0.717) is 0 Å². The highest BCUT2D eigenvalue weighted by molar-refractivity contribution is 7.72. The molecule has 0 atom stereocenters. The normalized spacial score (nSPS) is 11.8. The summed E-state index contributed by atoms with van der Waals surface area (Å²) in [7, 11) is 0.119. The maximum absolute atomic E-state index is 2.64. The van der Waals surface area contributed by atoms with Gasteiger partial charge in [-0.2, -0.15) is 0 Å².